The maximum absolute atomic E-state index is 12.3. The standard InChI is InChI=1S/C22H23N3O3S/c1-4-9-25-14(2)10-17(15(25)3)18-12-29-22(23-18)24-21(26)8-6-16-5-7-19-20(11-16)28-13-27-19/h5-8,10-12H,4,9,13H2,1-3H3,(H,23,24,26)/b8-6+. The van der Waals surface area contributed by atoms with Gasteiger partial charge in [0.1, 0.15) is 0 Å². The number of benzene rings is 1. The Labute approximate surface area is 173 Å². The van der Waals surface area contributed by atoms with Crippen LogP contribution in [0.4, 0.5) is 5.13 Å². The summed E-state index contributed by atoms with van der Waals surface area (Å²) in [7, 11) is 0. The molecule has 29 heavy (non-hydrogen) atoms. The predicted octanol–water partition coefficient (Wildman–Crippen LogP) is 5.02. The van der Waals surface area contributed by atoms with Gasteiger partial charge in [0.05, 0.1) is 5.69 Å². The number of anilines is 1. The van der Waals surface area contributed by atoms with Gasteiger partial charge in [0.2, 0.25) is 12.7 Å². The van der Waals surface area contributed by atoms with Gasteiger partial charge < -0.3 is 14.0 Å². The average molecular weight is 410 g/mol. The summed E-state index contributed by atoms with van der Waals surface area (Å²) in [5.41, 5.74) is 5.30. The topological polar surface area (TPSA) is 65.4 Å². The minimum Gasteiger partial charge on any atom is -0.454 e. The van der Waals surface area contributed by atoms with Crippen molar-refractivity contribution in [1.29, 1.82) is 0 Å². The van der Waals surface area contributed by atoms with Crippen LogP contribution in [0.25, 0.3) is 17.3 Å². The summed E-state index contributed by atoms with van der Waals surface area (Å²) >= 11 is 1.43. The summed E-state index contributed by atoms with van der Waals surface area (Å²) in [6.07, 6.45) is 4.32. The Bertz CT molecular complexity index is 1080. The first-order valence-corrected chi connectivity index (χ1v) is 10.4. The molecule has 3 heterocycles. The highest BCUT2D eigenvalue weighted by Gasteiger charge is 2.14. The third-order valence-corrected chi connectivity index (χ3v) is 5.61. The Morgan fingerprint density at radius 1 is 1.28 bits per heavy atom. The molecule has 3 aromatic rings. The summed E-state index contributed by atoms with van der Waals surface area (Å²) in [5.74, 6) is 1.19. The van der Waals surface area contributed by atoms with Crippen LogP contribution in [0.2, 0.25) is 0 Å². The van der Waals surface area contributed by atoms with E-state index in [9.17, 15) is 4.79 Å². The molecule has 0 atom stereocenters. The van der Waals surface area contributed by atoms with E-state index >= 15 is 0 Å². The number of nitrogens with zero attached hydrogens (tertiary/aromatic N) is 2. The van der Waals surface area contributed by atoms with E-state index in [0.29, 0.717) is 10.9 Å². The number of hydrogen-bond acceptors (Lipinski definition) is 5. The molecular weight excluding hydrogens is 386 g/mol. The van der Waals surface area contributed by atoms with Crippen molar-refractivity contribution in [2.75, 3.05) is 12.1 Å². The van der Waals surface area contributed by atoms with Crippen LogP contribution in [0.15, 0.2) is 35.7 Å². The van der Waals surface area contributed by atoms with Crippen LogP contribution in [0.5, 0.6) is 11.5 Å². The molecule has 1 aromatic carbocycles. The molecule has 1 aliphatic heterocycles. The minimum absolute atomic E-state index is 0.222. The van der Waals surface area contributed by atoms with Gasteiger partial charge in [-0.3, -0.25) is 10.1 Å². The SMILES string of the molecule is CCCn1c(C)cc(-c2csc(NC(=O)/C=C/c3ccc4c(c3)OCO4)n2)c1C. The first kappa shape index (κ1) is 19.3. The van der Waals surface area contributed by atoms with Crippen molar-refractivity contribution in [2.45, 2.75) is 33.7 Å². The van der Waals surface area contributed by atoms with E-state index < -0.39 is 0 Å². The Morgan fingerprint density at radius 2 is 2.10 bits per heavy atom. The smallest absolute Gasteiger partial charge is 0.250 e. The normalized spacial score (nSPS) is 12.7. The third-order valence-electron chi connectivity index (χ3n) is 4.85. The van der Waals surface area contributed by atoms with Crippen molar-refractivity contribution >= 4 is 28.5 Å². The highest BCUT2D eigenvalue weighted by Crippen LogP contribution is 2.33. The summed E-state index contributed by atoms with van der Waals surface area (Å²) in [5, 5.41) is 5.40. The van der Waals surface area contributed by atoms with Gasteiger partial charge in [-0.25, -0.2) is 4.98 Å². The molecule has 0 aliphatic carbocycles. The van der Waals surface area contributed by atoms with E-state index in [4.69, 9.17) is 9.47 Å². The van der Waals surface area contributed by atoms with E-state index in [1.54, 1.807) is 6.08 Å². The number of carbonyl (C=O) groups is 1. The molecule has 6 nitrogen and oxygen atoms in total. The molecule has 0 fully saturated rings. The van der Waals surface area contributed by atoms with E-state index in [1.165, 1.54) is 28.8 Å². The van der Waals surface area contributed by atoms with Crippen molar-refractivity contribution < 1.29 is 14.3 Å². The molecule has 7 heteroatoms. The predicted molar refractivity (Wildman–Crippen MR) is 116 cm³/mol. The van der Waals surface area contributed by atoms with Crippen LogP contribution in [0, 0.1) is 13.8 Å². The lowest BCUT2D eigenvalue weighted by Gasteiger charge is -2.07. The Morgan fingerprint density at radius 3 is 2.93 bits per heavy atom. The first-order valence-electron chi connectivity index (χ1n) is 9.56. The number of amides is 1. The molecule has 0 saturated heterocycles. The molecule has 1 amide bonds. The minimum atomic E-state index is -0.222. The fourth-order valence-electron chi connectivity index (χ4n) is 3.42. The number of aryl methyl sites for hydroxylation is 1. The molecule has 1 aliphatic rings. The van der Waals surface area contributed by atoms with Gasteiger partial charge >= 0.3 is 0 Å². The fraction of sp³-hybridized carbons (Fsp3) is 0.273. The van der Waals surface area contributed by atoms with Crippen LogP contribution in [-0.4, -0.2) is 22.3 Å². The zero-order valence-electron chi connectivity index (χ0n) is 16.7. The highest BCUT2D eigenvalue weighted by molar-refractivity contribution is 7.14. The monoisotopic (exact) mass is 409 g/mol. The number of carbonyl (C=O) groups excluding carboxylic acids is 1. The molecule has 0 saturated carbocycles. The molecule has 150 valence electrons. The molecule has 0 radical (unpaired) electrons. The summed E-state index contributed by atoms with van der Waals surface area (Å²) in [6, 6.07) is 7.72. The number of hydrogen-bond donors (Lipinski definition) is 1. The number of aromatic nitrogens is 2. The fourth-order valence-corrected chi connectivity index (χ4v) is 4.13. The quantitative estimate of drug-likeness (QED) is 0.581. The van der Waals surface area contributed by atoms with E-state index in [1.807, 2.05) is 23.6 Å². The van der Waals surface area contributed by atoms with E-state index in [2.05, 4.69) is 41.7 Å². The summed E-state index contributed by atoms with van der Waals surface area (Å²) < 4.78 is 13.0. The third kappa shape index (κ3) is 4.05. The second-order valence-corrected chi connectivity index (χ2v) is 7.77. The highest BCUT2D eigenvalue weighted by atomic mass is 32.1. The zero-order valence-corrected chi connectivity index (χ0v) is 17.5. The lowest BCUT2D eigenvalue weighted by molar-refractivity contribution is -0.111. The van der Waals surface area contributed by atoms with Crippen molar-refractivity contribution in [3.63, 3.8) is 0 Å². The molecule has 0 spiro atoms. The second kappa shape index (κ2) is 8.13. The average Bonchev–Trinajstić information content (AvgIpc) is 3.42. The van der Waals surface area contributed by atoms with Crippen molar-refractivity contribution in [1.82, 2.24) is 9.55 Å². The van der Waals surface area contributed by atoms with Gasteiger partial charge in [0, 0.05) is 35.0 Å². The van der Waals surface area contributed by atoms with Gasteiger partial charge in [0.15, 0.2) is 16.6 Å². The molecule has 1 N–H and O–H groups in total. The zero-order chi connectivity index (χ0) is 20.4. The van der Waals surface area contributed by atoms with Gasteiger partial charge in [-0.2, -0.15) is 0 Å². The summed E-state index contributed by atoms with van der Waals surface area (Å²) in [4.78, 5) is 16.9. The molecule has 4 rings (SSSR count). The second-order valence-electron chi connectivity index (χ2n) is 6.91. The first-order chi connectivity index (χ1) is 14.0. The van der Waals surface area contributed by atoms with Gasteiger partial charge in [-0.15, -0.1) is 11.3 Å². The van der Waals surface area contributed by atoms with Crippen molar-refractivity contribution in [3.05, 3.63) is 52.7 Å². The number of fused-ring (bicyclic) bond motifs is 1. The van der Waals surface area contributed by atoms with Gasteiger partial charge in [-0.05, 0) is 50.1 Å². The van der Waals surface area contributed by atoms with E-state index in [0.717, 1.165) is 35.5 Å². The van der Waals surface area contributed by atoms with Crippen molar-refractivity contribution in [3.8, 4) is 22.8 Å². The maximum atomic E-state index is 12.3. The Hall–Kier alpha value is -3.06. The summed E-state index contributed by atoms with van der Waals surface area (Å²) in [6.45, 7) is 7.63. The van der Waals surface area contributed by atoms with Gasteiger partial charge in [-0.1, -0.05) is 13.0 Å². The largest absolute Gasteiger partial charge is 0.454 e. The maximum Gasteiger partial charge on any atom is 0.250 e. The number of ether oxygens (including phenoxy) is 2. The van der Waals surface area contributed by atoms with Crippen LogP contribution in [0.1, 0.15) is 30.3 Å². The lowest BCUT2D eigenvalue weighted by Crippen LogP contribution is -2.07. The molecule has 0 bridgehead atoms. The van der Waals surface area contributed by atoms with Gasteiger partial charge in [0.25, 0.3) is 0 Å². The van der Waals surface area contributed by atoms with Crippen LogP contribution in [0.3, 0.4) is 0 Å². The number of nitrogens with one attached hydrogen (secondary N) is 1. The lowest BCUT2D eigenvalue weighted by atomic mass is 10.2. The molecule has 0 unspecified atom stereocenters. The number of rotatable bonds is 6. The van der Waals surface area contributed by atoms with Crippen LogP contribution in [-0.2, 0) is 11.3 Å². The van der Waals surface area contributed by atoms with Crippen molar-refractivity contribution in [2.24, 2.45) is 0 Å². The van der Waals surface area contributed by atoms with Crippen LogP contribution < -0.4 is 14.8 Å². The van der Waals surface area contributed by atoms with E-state index in [-0.39, 0.29) is 12.7 Å². The Balaban J connectivity index is 1.44. The number of thiazole rings is 1. The molecule has 2 aromatic heterocycles. The Kier molecular flexibility index (Phi) is 5.40. The van der Waals surface area contributed by atoms with Crippen LogP contribution >= 0.6 is 11.3 Å². The molecular formula is C22H23N3O3S.